The van der Waals surface area contributed by atoms with E-state index in [2.05, 4.69) is 4.98 Å². The molecule has 0 N–H and O–H groups in total. The average molecular weight is 258 g/mol. The summed E-state index contributed by atoms with van der Waals surface area (Å²) < 4.78 is 0. The summed E-state index contributed by atoms with van der Waals surface area (Å²) in [4.78, 5) is 17.8. The number of thiazole rings is 1. The van der Waals surface area contributed by atoms with Crippen molar-refractivity contribution in [1.29, 1.82) is 0 Å². The second-order valence-electron chi connectivity index (χ2n) is 3.86. The predicted octanol–water partition coefficient (Wildman–Crippen LogP) is 3.13. The highest BCUT2D eigenvalue weighted by Crippen LogP contribution is 2.13. The number of hydrogen-bond acceptors (Lipinski definition) is 3. The highest BCUT2D eigenvalue weighted by molar-refractivity contribution is 7.09. The van der Waals surface area contributed by atoms with Crippen LogP contribution in [-0.2, 0) is 4.79 Å². The van der Waals surface area contributed by atoms with E-state index in [9.17, 15) is 4.79 Å². The zero-order chi connectivity index (χ0) is 13.0. The number of carbonyl (C=O) groups is 1. The van der Waals surface area contributed by atoms with Crippen molar-refractivity contribution in [1.82, 2.24) is 4.98 Å². The van der Waals surface area contributed by atoms with Gasteiger partial charge in [-0.25, -0.2) is 4.98 Å². The Bertz CT molecular complexity index is 560. The quantitative estimate of drug-likeness (QED) is 0.792. The van der Waals surface area contributed by atoms with Crippen LogP contribution in [0, 0.1) is 6.92 Å². The number of benzene rings is 1. The molecule has 0 atom stereocenters. The molecule has 0 saturated carbocycles. The molecule has 0 spiro atoms. The van der Waals surface area contributed by atoms with Gasteiger partial charge in [0, 0.05) is 24.2 Å². The first-order valence-electron chi connectivity index (χ1n) is 5.60. The van der Waals surface area contributed by atoms with Crippen LogP contribution in [0.3, 0.4) is 0 Å². The summed E-state index contributed by atoms with van der Waals surface area (Å²) in [7, 11) is 1.76. The number of carbonyl (C=O) groups excluding carboxylic acids is 1. The van der Waals surface area contributed by atoms with Gasteiger partial charge in [0.25, 0.3) is 5.91 Å². The summed E-state index contributed by atoms with van der Waals surface area (Å²) in [6.45, 7) is 1.94. The fraction of sp³-hybridized carbons (Fsp3) is 0.143. The lowest BCUT2D eigenvalue weighted by Crippen LogP contribution is -2.23. The molecule has 4 heteroatoms. The molecule has 0 radical (unpaired) electrons. The Hall–Kier alpha value is -1.94. The van der Waals surface area contributed by atoms with E-state index in [1.165, 1.54) is 0 Å². The Morgan fingerprint density at radius 2 is 2.06 bits per heavy atom. The number of anilines is 1. The van der Waals surface area contributed by atoms with Crippen molar-refractivity contribution in [3.8, 4) is 0 Å². The van der Waals surface area contributed by atoms with Gasteiger partial charge in [-0.1, -0.05) is 18.2 Å². The third kappa shape index (κ3) is 3.05. The summed E-state index contributed by atoms with van der Waals surface area (Å²) in [6.07, 6.45) is 3.28. The number of amides is 1. The lowest BCUT2D eigenvalue weighted by molar-refractivity contribution is -0.113. The Morgan fingerprint density at radius 1 is 1.33 bits per heavy atom. The number of aromatic nitrogens is 1. The van der Waals surface area contributed by atoms with Crippen molar-refractivity contribution in [3.63, 3.8) is 0 Å². The molecule has 0 unspecified atom stereocenters. The largest absolute Gasteiger partial charge is 0.312 e. The molecule has 0 aliphatic carbocycles. The van der Waals surface area contributed by atoms with Gasteiger partial charge in [0.2, 0.25) is 0 Å². The zero-order valence-corrected chi connectivity index (χ0v) is 11.1. The summed E-state index contributed by atoms with van der Waals surface area (Å²) in [5.41, 5.74) is 1.70. The van der Waals surface area contributed by atoms with Gasteiger partial charge in [0.15, 0.2) is 0 Å². The molecular weight excluding hydrogens is 244 g/mol. The molecule has 0 aliphatic heterocycles. The van der Waals surface area contributed by atoms with Crippen molar-refractivity contribution >= 4 is 29.0 Å². The number of para-hydroxylation sites is 1. The fourth-order valence-electron chi connectivity index (χ4n) is 1.50. The van der Waals surface area contributed by atoms with Gasteiger partial charge in [-0.15, -0.1) is 11.3 Å². The van der Waals surface area contributed by atoms with Crippen LogP contribution in [0.5, 0.6) is 0 Å². The van der Waals surface area contributed by atoms with E-state index in [-0.39, 0.29) is 5.91 Å². The van der Waals surface area contributed by atoms with Gasteiger partial charge in [-0.3, -0.25) is 4.79 Å². The van der Waals surface area contributed by atoms with E-state index in [4.69, 9.17) is 0 Å². The molecule has 0 aliphatic rings. The van der Waals surface area contributed by atoms with Crippen LogP contribution < -0.4 is 4.90 Å². The summed E-state index contributed by atoms with van der Waals surface area (Å²) in [5.74, 6) is -0.0631. The van der Waals surface area contributed by atoms with Gasteiger partial charge >= 0.3 is 0 Å². The molecule has 0 bridgehead atoms. The summed E-state index contributed by atoms with van der Waals surface area (Å²) in [5, 5.41) is 2.93. The van der Waals surface area contributed by atoms with E-state index in [0.717, 1.165) is 16.4 Å². The number of likely N-dealkylation sites (N-methyl/N-ethyl adjacent to an activating group) is 1. The smallest absolute Gasteiger partial charge is 0.250 e. The van der Waals surface area contributed by atoms with Crippen LogP contribution in [0.1, 0.15) is 10.7 Å². The van der Waals surface area contributed by atoms with Gasteiger partial charge < -0.3 is 4.90 Å². The second-order valence-corrected chi connectivity index (χ2v) is 4.92. The SMILES string of the molecule is Cc1nc(C=CC(=O)N(C)c2ccccc2)cs1. The fourth-order valence-corrected chi connectivity index (χ4v) is 2.08. The monoisotopic (exact) mass is 258 g/mol. The molecule has 1 amide bonds. The molecule has 2 aromatic rings. The minimum Gasteiger partial charge on any atom is -0.312 e. The number of hydrogen-bond donors (Lipinski definition) is 0. The second kappa shape index (κ2) is 5.60. The standard InChI is InChI=1S/C14H14N2OS/c1-11-15-12(10-18-11)8-9-14(17)16(2)13-6-4-3-5-7-13/h3-10H,1-2H3. The van der Waals surface area contributed by atoms with Gasteiger partial charge in [0.05, 0.1) is 10.7 Å². The molecule has 2 rings (SSSR count). The van der Waals surface area contributed by atoms with E-state index in [0.29, 0.717) is 0 Å². The maximum Gasteiger partial charge on any atom is 0.250 e. The molecule has 18 heavy (non-hydrogen) atoms. The molecule has 3 nitrogen and oxygen atoms in total. The van der Waals surface area contributed by atoms with Crippen molar-refractivity contribution in [2.24, 2.45) is 0 Å². The summed E-state index contributed by atoms with van der Waals surface area (Å²) >= 11 is 1.57. The molecule has 1 heterocycles. The van der Waals surface area contributed by atoms with Crippen LogP contribution in [0.2, 0.25) is 0 Å². The third-order valence-corrected chi connectivity index (χ3v) is 3.30. The van der Waals surface area contributed by atoms with Crippen LogP contribution in [-0.4, -0.2) is 17.9 Å². The highest BCUT2D eigenvalue weighted by atomic mass is 32.1. The van der Waals surface area contributed by atoms with E-state index >= 15 is 0 Å². The van der Waals surface area contributed by atoms with Crippen molar-refractivity contribution in [2.75, 3.05) is 11.9 Å². The normalized spacial score (nSPS) is 10.8. The first-order chi connectivity index (χ1) is 8.66. The van der Waals surface area contributed by atoms with Gasteiger partial charge in [-0.2, -0.15) is 0 Å². The minimum absolute atomic E-state index is 0.0631. The lowest BCUT2D eigenvalue weighted by atomic mass is 10.3. The maximum atomic E-state index is 11.9. The topological polar surface area (TPSA) is 33.2 Å². The average Bonchev–Trinajstić information content (AvgIpc) is 2.82. The van der Waals surface area contributed by atoms with Crippen LogP contribution in [0.15, 0.2) is 41.8 Å². The van der Waals surface area contributed by atoms with Gasteiger partial charge in [0.1, 0.15) is 0 Å². The zero-order valence-electron chi connectivity index (χ0n) is 10.3. The van der Waals surface area contributed by atoms with Crippen LogP contribution in [0.4, 0.5) is 5.69 Å². The first-order valence-corrected chi connectivity index (χ1v) is 6.48. The molecule has 0 saturated heterocycles. The number of rotatable bonds is 3. The third-order valence-electron chi connectivity index (χ3n) is 2.51. The van der Waals surface area contributed by atoms with Crippen LogP contribution >= 0.6 is 11.3 Å². The number of nitrogens with zero attached hydrogens (tertiary/aromatic N) is 2. The maximum absolute atomic E-state index is 11.9. The molecule has 1 aromatic carbocycles. The summed E-state index contributed by atoms with van der Waals surface area (Å²) in [6, 6.07) is 9.55. The predicted molar refractivity (Wildman–Crippen MR) is 75.7 cm³/mol. The molecule has 0 fully saturated rings. The molecular formula is C14H14N2OS. The Morgan fingerprint density at radius 3 is 2.67 bits per heavy atom. The highest BCUT2D eigenvalue weighted by Gasteiger charge is 2.06. The van der Waals surface area contributed by atoms with E-state index < -0.39 is 0 Å². The Labute approximate surface area is 110 Å². The number of aryl methyl sites for hydroxylation is 1. The Balaban J connectivity index is 2.06. The minimum atomic E-state index is -0.0631. The molecule has 92 valence electrons. The van der Waals surface area contributed by atoms with E-state index in [1.807, 2.05) is 42.6 Å². The first kappa shape index (κ1) is 12.5. The van der Waals surface area contributed by atoms with Crippen LogP contribution in [0.25, 0.3) is 6.08 Å². The van der Waals surface area contributed by atoms with Crippen molar-refractivity contribution in [3.05, 3.63) is 52.5 Å². The Kier molecular flexibility index (Phi) is 3.89. The van der Waals surface area contributed by atoms with Gasteiger partial charge in [-0.05, 0) is 25.1 Å². The lowest BCUT2D eigenvalue weighted by Gasteiger charge is -2.14. The van der Waals surface area contributed by atoms with Crippen molar-refractivity contribution in [2.45, 2.75) is 6.92 Å². The van der Waals surface area contributed by atoms with Crippen molar-refractivity contribution < 1.29 is 4.79 Å². The van der Waals surface area contributed by atoms with E-state index in [1.54, 1.807) is 35.4 Å². The molecule has 1 aromatic heterocycles.